The molecule has 0 amide bonds. The van der Waals surface area contributed by atoms with Crippen LogP contribution >= 0.6 is 0 Å². The van der Waals surface area contributed by atoms with E-state index >= 15 is 0 Å². The minimum atomic E-state index is -4.96. The summed E-state index contributed by atoms with van der Waals surface area (Å²) >= 11 is 0. The van der Waals surface area contributed by atoms with Crippen molar-refractivity contribution >= 4 is 25.7 Å². The van der Waals surface area contributed by atoms with Gasteiger partial charge in [0.25, 0.3) is 10.0 Å². The molecular weight excluding hydrogens is 385 g/mol. The lowest BCUT2D eigenvalue weighted by Gasteiger charge is -2.11. The van der Waals surface area contributed by atoms with Gasteiger partial charge in [-0.25, -0.2) is 22.0 Å². The molecule has 0 saturated carbocycles. The highest BCUT2D eigenvalue weighted by Gasteiger charge is 2.31. The number of primary sulfonamides is 1. The first kappa shape index (κ1) is 19.0. The topological polar surface area (TPSA) is 116 Å². The molecule has 0 heterocycles. The lowest BCUT2D eigenvalue weighted by Crippen LogP contribution is -2.18. The maximum atomic E-state index is 12.2. The van der Waals surface area contributed by atoms with Crippen LogP contribution in [0.15, 0.2) is 58.3 Å². The molecule has 0 fully saturated rings. The van der Waals surface area contributed by atoms with Crippen LogP contribution in [0.1, 0.15) is 0 Å². The summed E-state index contributed by atoms with van der Waals surface area (Å²) in [6.45, 7) is 0. The number of hydrogen-bond acceptors (Lipinski definition) is 5. The minimum absolute atomic E-state index is 0.00505. The largest absolute Gasteiger partial charge is 0.573 e. The fourth-order valence-electron chi connectivity index (χ4n) is 1.77. The van der Waals surface area contributed by atoms with E-state index in [2.05, 4.69) is 9.46 Å². The van der Waals surface area contributed by atoms with E-state index in [4.69, 9.17) is 5.14 Å². The fourth-order valence-corrected chi connectivity index (χ4v) is 3.37. The third kappa shape index (κ3) is 5.34. The molecule has 0 aliphatic rings. The molecule has 0 saturated heterocycles. The molecule has 3 N–H and O–H groups in total. The van der Waals surface area contributed by atoms with Gasteiger partial charge in [0.05, 0.1) is 9.79 Å². The van der Waals surface area contributed by atoms with Gasteiger partial charge in [0.2, 0.25) is 10.0 Å². The third-order valence-corrected chi connectivity index (χ3v) is 5.09. The van der Waals surface area contributed by atoms with E-state index in [-0.39, 0.29) is 10.6 Å². The summed E-state index contributed by atoms with van der Waals surface area (Å²) in [5, 5.41) is 4.92. The molecule has 0 unspecified atom stereocenters. The average Bonchev–Trinajstić information content (AvgIpc) is 2.45. The Morgan fingerprint density at radius 2 is 1.52 bits per heavy atom. The van der Waals surface area contributed by atoms with E-state index in [0.717, 1.165) is 42.5 Å². The van der Waals surface area contributed by atoms with Gasteiger partial charge < -0.3 is 4.74 Å². The second-order valence-corrected chi connectivity index (χ2v) is 7.94. The van der Waals surface area contributed by atoms with Gasteiger partial charge in [0, 0.05) is 11.8 Å². The Bertz CT molecular complexity index is 971. The molecule has 7 nitrogen and oxygen atoms in total. The molecular formula is C13H11F3N2O5S2. The zero-order valence-corrected chi connectivity index (χ0v) is 13.8. The number of benzene rings is 2. The number of hydrogen-bond donors (Lipinski definition) is 2. The molecule has 0 bridgehead atoms. The van der Waals surface area contributed by atoms with Crippen molar-refractivity contribution in [1.82, 2.24) is 0 Å². The molecule has 25 heavy (non-hydrogen) atoms. The fraction of sp³-hybridized carbons (Fsp3) is 0.0769. The minimum Gasteiger partial charge on any atom is -0.406 e. The molecule has 2 aromatic rings. The predicted octanol–water partition coefficient (Wildman–Crippen LogP) is 2.03. The van der Waals surface area contributed by atoms with Crippen LogP contribution in [0.5, 0.6) is 5.75 Å². The first-order valence-electron chi connectivity index (χ1n) is 6.38. The van der Waals surface area contributed by atoms with Crippen molar-refractivity contribution in [2.75, 3.05) is 4.72 Å². The van der Waals surface area contributed by atoms with Crippen molar-refractivity contribution < 1.29 is 34.7 Å². The normalized spacial score (nSPS) is 12.6. The van der Waals surface area contributed by atoms with Crippen LogP contribution in [0, 0.1) is 0 Å². The summed E-state index contributed by atoms with van der Waals surface area (Å²) in [4.78, 5) is -0.694. The highest BCUT2D eigenvalue weighted by molar-refractivity contribution is 7.92. The van der Waals surface area contributed by atoms with E-state index in [0.29, 0.717) is 6.07 Å². The van der Waals surface area contributed by atoms with Gasteiger partial charge in [-0.3, -0.25) is 4.72 Å². The molecule has 2 aromatic carbocycles. The van der Waals surface area contributed by atoms with E-state index in [1.807, 2.05) is 0 Å². The highest BCUT2D eigenvalue weighted by atomic mass is 32.2. The monoisotopic (exact) mass is 396 g/mol. The van der Waals surface area contributed by atoms with Crippen molar-refractivity contribution in [1.29, 1.82) is 0 Å². The quantitative estimate of drug-likeness (QED) is 0.802. The zero-order chi connectivity index (χ0) is 18.9. The van der Waals surface area contributed by atoms with Crippen molar-refractivity contribution in [2.45, 2.75) is 16.2 Å². The van der Waals surface area contributed by atoms with Crippen LogP contribution in [-0.2, 0) is 20.0 Å². The second kappa shape index (κ2) is 6.54. The Kier molecular flexibility index (Phi) is 4.97. The van der Waals surface area contributed by atoms with Crippen LogP contribution < -0.4 is 14.6 Å². The van der Waals surface area contributed by atoms with E-state index in [9.17, 15) is 30.0 Å². The van der Waals surface area contributed by atoms with Crippen molar-refractivity contribution in [2.24, 2.45) is 5.14 Å². The van der Waals surface area contributed by atoms with E-state index < -0.39 is 37.1 Å². The van der Waals surface area contributed by atoms with Gasteiger partial charge >= 0.3 is 6.36 Å². The summed E-state index contributed by atoms with van der Waals surface area (Å²) in [5.41, 5.74) is -0.00505. The number of halogens is 3. The number of sulfonamides is 2. The average molecular weight is 396 g/mol. The maximum Gasteiger partial charge on any atom is 0.573 e. The van der Waals surface area contributed by atoms with Gasteiger partial charge in [-0.05, 0) is 36.4 Å². The van der Waals surface area contributed by atoms with E-state index in [1.165, 1.54) is 0 Å². The van der Waals surface area contributed by atoms with Gasteiger partial charge in [-0.2, -0.15) is 0 Å². The molecule has 0 aliphatic heterocycles. The molecule has 12 heteroatoms. The SMILES string of the molecule is NS(=O)(=O)c1ccc(NS(=O)(=O)c2cccc(OC(F)(F)F)c2)cc1. The van der Waals surface area contributed by atoms with Crippen molar-refractivity contribution in [3.8, 4) is 5.75 Å². The van der Waals surface area contributed by atoms with Gasteiger partial charge in [0.1, 0.15) is 5.75 Å². The Hall–Kier alpha value is -2.31. The maximum absolute atomic E-state index is 12.2. The van der Waals surface area contributed by atoms with Crippen LogP contribution in [0.2, 0.25) is 0 Å². The first-order valence-corrected chi connectivity index (χ1v) is 9.41. The number of rotatable bonds is 5. The number of nitrogens with one attached hydrogen (secondary N) is 1. The lowest BCUT2D eigenvalue weighted by molar-refractivity contribution is -0.274. The zero-order valence-electron chi connectivity index (χ0n) is 12.2. The van der Waals surface area contributed by atoms with Gasteiger partial charge in [0.15, 0.2) is 0 Å². The summed E-state index contributed by atoms with van der Waals surface area (Å²) in [6.07, 6.45) is -4.96. The van der Waals surface area contributed by atoms with Crippen LogP contribution in [0.3, 0.4) is 0 Å². The molecule has 0 aliphatic carbocycles. The smallest absolute Gasteiger partial charge is 0.406 e. The third-order valence-electron chi connectivity index (χ3n) is 2.78. The Morgan fingerprint density at radius 3 is 2.04 bits per heavy atom. The first-order chi connectivity index (χ1) is 11.4. The number of anilines is 1. The molecule has 0 atom stereocenters. The van der Waals surface area contributed by atoms with Crippen LogP contribution in [-0.4, -0.2) is 23.2 Å². The Morgan fingerprint density at radius 1 is 0.920 bits per heavy atom. The van der Waals surface area contributed by atoms with Gasteiger partial charge in [-0.1, -0.05) is 6.07 Å². The van der Waals surface area contributed by atoms with Crippen molar-refractivity contribution in [3.63, 3.8) is 0 Å². The summed E-state index contributed by atoms with van der Waals surface area (Å²) in [7, 11) is -8.16. The summed E-state index contributed by atoms with van der Waals surface area (Å²) < 4.78 is 89.1. The molecule has 0 aromatic heterocycles. The molecule has 2 rings (SSSR count). The predicted molar refractivity (Wildman–Crippen MR) is 81.7 cm³/mol. The lowest BCUT2D eigenvalue weighted by atomic mass is 10.3. The Labute approximate surface area is 141 Å². The summed E-state index contributed by atoms with van der Waals surface area (Å²) in [6, 6.07) is 8.26. The standard InChI is InChI=1S/C13H11F3N2O5S2/c14-13(15,16)23-10-2-1-3-12(8-10)25(21,22)18-9-4-6-11(7-5-9)24(17,19)20/h1-8,18H,(H2,17,19,20). The number of ether oxygens (including phenoxy) is 1. The number of nitrogens with two attached hydrogens (primary N) is 1. The van der Waals surface area contributed by atoms with Gasteiger partial charge in [-0.15, -0.1) is 13.2 Å². The van der Waals surface area contributed by atoms with Crippen LogP contribution in [0.4, 0.5) is 18.9 Å². The molecule has 136 valence electrons. The highest BCUT2D eigenvalue weighted by Crippen LogP contribution is 2.26. The second-order valence-electron chi connectivity index (χ2n) is 4.70. The van der Waals surface area contributed by atoms with E-state index in [1.54, 1.807) is 0 Å². The Balaban J connectivity index is 2.26. The number of alkyl halides is 3. The molecule has 0 spiro atoms. The van der Waals surface area contributed by atoms with Crippen molar-refractivity contribution in [3.05, 3.63) is 48.5 Å². The summed E-state index contributed by atoms with van der Waals surface area (Å²) in [5.74, 6) is -0.694. The molecule has 0 radical (unpaired) electrons. The van der Waals surface area contributed by atoms with Crippen LogP contribution in [0.25, 0.3) is 0 Å².